The molecule has 4 heterocycles. The molecule has 16 heteroatoms. The molecule has 0 fully saturated rings. The van der Waals surface area contributed by atoms with E-state index < -0.39 is 0 Å². The lowest BCUT2D eigenvalue weighted by Crippen LogP contribution is -2.75. The van der Waals surface area contributed by atoms with Crippen LogP contribution in [0.3, 0.4) is 0 Å². The van der Waals surface area contributed by atoms with Crippen molar-refractivity contribution in [3.63, 3.8) is 0 Å². The SMILES string of the molecule is BrB1c2ccccc2B(c2ccccc2)c2ccccc21.C.N#Cc1cncc(-c2ccccc2F)c1B1c2ccccc2B(c2ccccc2)c2ccccc21.N#Cc1cncc(-c2ccccc2F)c1Br.S.S=S=S. The summed E-state index contributed by atoms with van der Waals surface area (Å²) in [5, 5.41) is 19.0. The lowest BCUT2D eigenvalue weighted by molar-refractivity contribution is 0.631. The Labute approximate surface area is 487 Å². The number of aromatic nitrogens is 2. The van der Waals surface area contributed by atoms with Crippen molar-refractivity contribution in [3.8, 4) is 34.4 Å². The second kappa shape index (κ2) is 27.4. The number of hydrogen-bond acceptors (Lipinski definition) is 6. The third-order valence-corrected chi connectivity index (χ3v) is 15.2. The molecule has 10 aromatic rings. The summed E-state index contributed by atoms with van der Waals surface area (Å²) in [5.41, 5.74) is 16.8. The van der Waals surface area contributed by atoms with Crippen molar-refractivity contribution >= 4 is 162 Å². The second-order valence-electron chi connectivity index (χ2n) is 17.4. The predicted molar refractivity (Wildman–Crippen MR) is 342 cm³/mol. The molecule has 0 N–H and O–H groups in total. The minimum absolute atomic E-state index is 0. The Morgan fingerprint density at radius 3 is 1.13 bits per heavy atom. The van der Waals surface area contributed by atoms with E-state index in [4.69, 9.17) is 5.26 Å². The molecule has 0 spiro atoms. The third-order valence-electron chi connectivity index (χ3n) is 13.4. The minimum Gasteiger partial charge on any atom is -0.263 e. The van der Waals surface area contributed by atoms with E-state index in [-0.39, 0.29) is 51.5 Å². The Hall–Kier alpha value is -6.87. The van der Waals surface area contributed by atoms with E-state index in [0.29, 0.717) is 44.6 Å². The van der Waals surface area contributed by atoms with Crippen LogP contribution in [0.4, 0.5) is 8.78 Å². The molecule has 2 aliphatic heterocycles. The Bertz CT molecular complexity index is 3710. The number of benzene rings is 8. The molecule has 0 saturated carbocycles. The average molecular weight is 1200 g/mol. The van der Waals surface area contributed by atoms with Crippen molar-refractivity contribution in [1.29, 1.82) is 10.5 Å². The molecule has 0 saturated heterocycles. The van der Waals surface area contributed by atoms with Gasteiger partial charge >= 0.3 is 0 Å². The fraction of sp³-hybridized carbons (Fsp3) is 0.0164. The first-order chi connectivity index (χ1) is 36.8. The van der Waals surface area contributed by atoms with Crippen LogP contribution in [-0.2, 0) is 31.3 Å². The molecular formula is C61H44B4Br2F2N4S4. The fourth-order valence-electron chi connectivity index (χ4n) is 10.2. The molecule has 12 rings (SSSR count). The maximum Gasteiger partial charge on any atom is 0.286 e. The summed E-state index contributed by atoms with van der Waals surface area (Å²) in [6, 6.07) is 73.1. The van der Waals surface area contributed by atoms with Crippen LogP contribution >= 0.6 is 45.2 Å². The van der Waals surface area contributed by atoms with Crippen LogP contribution in [0.25, 0.3) is 22.3 Å². The highest BCUT2D eigenvalue weighted by Gasteiger charge is 2.40. The smallest absolute Gasteiger partial charge is 0.263 e. The van der Waals surface area contributed by atoms with E-state index in [1.165, 1.54) is 68.2 Å². The molecular weight excluding hydrogens is 1160 g/mol. The zero-order valence-electron chi connectivity index (χ0n) is 40.3. The number of nitriles is 2. The maximum absolute atomic E-state index is 15.0. The van der Waals surface area contributed by atoms with Gasteiger partial charge in [0.25, 0.3) is 5.54 Å². The topological polar surface area (TPSA) is 73.4 Å². The summed E-state index contributed by atoms with van der Waals surface area (Å²) in [7, 11) is 0.917. The van der Waals surface area contributed by atoms with Gasteiger partial charge < -0.3 is 0 Å². The van der Waals surface area contributed by atoms with Gasteiger partial charge in [-0.1, -0.05) is 256 Å². The molecule has 0 amide bonds. The normalized spacial score (nSPS) is 11.1. The molecule has 0 atom stereocenters. The summed E-state index contributed by atoms with van der Waals surface area (Å²) in [6.07, 6.45) is 6.25. The molecule has 0 aliphatic carbocycles. The van der Waals surface area contributed by atoms with Gasteiger partial charge in [-0.3, -0.25) is 9.97 Å². The monoisotopic (exact) mass is 1200 g/mol. The number of rotatable bonds is 5. The van der Waals surface area contributed by atoms with Gasteiger partial charge in [-0.05, 0) is 39.1 Å². The molecule has 0 radical (unpaired) electrons. The first kappa shape index (κ1) is 57.8. The summed E-state index contributed by atoms with van der Waals surface area (Å²) in [6.45, 7) is 0.172. The van der Waals surface area contributed by atoms with Gasteiger partial charge in [-0.25, -0.2) is 8.78 Å². The first-order valence-electron chi connectivity index (χ1n) is 23.7. The van der Waals surface area contributed by atoms with E-state index >= 15 is 4.39 Å². The first-order valence-corrected chi connectivity index (χ1v) is 28.1. The number of fused-ring (bicyclic) bond motifs is 4. The quantitative estimate of drug-likeness (QED) is 0.168. The molecule has 8 aromatic carbocycles. The lowest BCUT2D eigenvalue weighted by atomic mass is 9.20. The van der Waals surface area contributed by atoms with Crippen LogP contribution in [0.2, 0.25) is 0 Å². The van der Waals surface area contributed by atoms with Crippen LogP contribution < -0.4 is 60.1 Å². The van der Waals surface area contributed by atoms with Crippen molar-refractivity contribution in [2.24, 2.45) is 0 Å². The minimum atomic E-state index is -0.333. The van der Waals surface area contributed by atoms with Gasteiger partial charge in [0.15, 0.2) is 0 Å². The standard InChI is InChI=1S/C30H19B2FN2.C18H13B2Br.C12H6BrFN2.CH4.S3.H2S/c33-29-17-9-4-12-23(29)24-20-35-19-21(18-34)30(24)32-27-15-7-5-13-25(27)31(22-10-2-1-3-11-22)26-14-6-8-16-28(26)32;21-20-17-12-6-4-10-15(17)19(14-8-2-1-3-9-14)16-11-5-7-13-18(16)20;13-12-8(5-15)6-16-7-10(12)9-3-1-2-4-11(9)14;;1-3-2;/h1-17,19-20H;1-13H;1-4,6-7H;1H4;;1H2. The Morgan fingerprint density at radius 1 is 0.416 bits per heavy atom. The van der Waals surface area contributed by atoms with Crippen LogP contribution in [0.5, 0.6) is 0 Å². The molecule has 77 heavy (non-hydrogen) atoms. The summed E-state index contributed by atoms with van der Waals surface area (Å²) in [5.74, 6) is -0.662. The number of nitrogens with zero attached hydrogens (tertiary/aromatic N) is 4. The zero-order valence-corrected chi connectivity index (χ0v) is 46.9. The van der Waals surface area contributed by atoms with Crippen LogP contribution in [-0.4, -0.2) is 35.6 Å². The highest BCUT2D eigenvalue weighted by Crippen LogP contribution is 2.31. The van der Waals surface area contributed by atoms with E-state index in [1.54, 1.807) is 42.7 Å². The Kier molecular flexibility index (Phi) is 20.6. The van der Waals surface area contributed by atoms with Gasteiger partial charge in [0.2, 0.25) is 20.1 Å². The highest BCUT2D eigenvalue weighted by atomic mass is 79.9. The molecule has 4 nitrogen and oxygen atoms in total. The van der Waals surface area contributed by atoms with Gasteiger partial charge in [-0.2, -0.15) is 24.0 Å². The zero-order chi connectivity index (χ0) is 52.3. The Balaban J connectivity index is 0.000000175. The van der Waals surface area contributed by atoms with Crippen molar-refractivity contribution in [2.45, 2.75) is 7.43 Å². The molecule has 0 unspecified atom stereocenters. The van der Waals surface area contributed by atoms with E-state index in [0.717, 1.165) is 25.3 Å². The summed E-state index contributed by atoms with van der Waals surface area (Å²) < 4.78 is 29.1. The lowest BCUT2D eigenvalue weighted by Gasteiger charge is -2.33. The molecule has 0 bridgehead atoms. The molecule has 2 aromatic heterocycles. The summed E-state index contributed by atoms with van der Waals surface area (Å²) in [4.78, 5) is 8.23. The van der Waals surface area contributed by atoms with Gasteiger partial charge in [-0.15, -0.1) is 15.8 Å². The van der Waals surface area contributed by atoms with Crippen molar-refractivity contribution < 1.29 is 8.78 Å². The van der Waals surface area contributed by atoms with Gasteiger partial charge in [0, 0.05) is 77.2 Å². The van der Waals surface area contributed by atoms with Crippen LogP contribution in [0.1, 0.15) is 18.6 Å². The second-order valence-corrected chi connectivity index (χ2v) is 20.9. The summed E-state index contributed by atoms with van der Waals surface area (Å²) >= 11 is 15.4. The van der Waals surface area contributed by atoms with Crippen molar-refractivity contribution in [2.75, 3.05) is 0 Å². The number of pyridine rings is 2. The van der Waals surface area contributed by atoms with Gasteiger partial charge in [0.05, 0.1) is 11.1 Å². The van der Waals surface area contributed by atoms with Crippen molar-refractivity contribution in [3.05, 3.63) is 258 Å². The largest absolute Gasteiger partial charge is 0.286 e. The number of halogens is 4. The van der Waals surface area contributed by atoms with Crippen LogP contribution in [0.15, 0.2) is 236 Å². The van der Waals surface area contributed by atoms with Crippen LogP contribution in [0, 0.1) is 34.3 Å². The average Bonchev–Trinajstić information content (AvgIpc) is 3.49. The molecule has 2 aliphatic rings. The van der Waals surface area contributed by atoms with E-state index in [9.17, 15) is 9.65 Å². The fourth-order valence-corrected chi connectivity index (χ4v) is 11.6. The maximum atomic E-state index is 15.0. The van der Waals surface area contributed by atoms with Crippen molar-refractivity contribution in [1.82, 2.24) is 9.97 Å². The number of hydrogen-bond donors (Lipinski definition) is 0. The highest BCUT2D eigenvalue weighted by molar-refractivity contribution is 9.25. The molecule has 372 valence electrons. The Morgan fingerprint density at radius 2 is 0.727 bits per heavy atom. The van der Waals surface area contributed by atoms with Gasteiger partial charge in [0.1, 0.15) is 23.8 Å². The van der Waals surface area contributed by atoms with E-state index in [2.05, 4.69) is 210 Å². The predicted octanol–water partition coefficient (Wildman–Crippen LogP) is 7.39. The third kappa shape index (κ3) is 12.3. The van der Waals surface area contributed by atoms with E-state index in [1.807, 2.05) is 30.3 Å².